The van der Waals surface area contributed by atoms with Gasteiger partial charge in [-0.2, -0.15) is 0 Å². The molecule has 16 heavy (non-hydrogen) atoms. The maximum atomic E-state index is 11.5. The minimum atomic E-state index is -1.19. The number of rotatable bonds is 7. The summed E-state index contributed by atoms with van der Waals surface area (Å²) in [4.78, 5) is 11.5. The fraction of sp³-hybridized carbons (Fsp3) is 0.900. The van der Waals surface area contributed by atoms with Crippen LogP contribution in [0.3, 0.4) is 0 Å². The van der Waals surface area contributed by atoms with E-state index in [0.717, 1.165) is 0 Å². The van der Waals surface area contributed by atoms with Crippen molar-refractivity contribution in [3.8, 4) is 0 Å². The van der Waals surface area contributed by atoms with Gasteiger partial charge in [-0.05, 0) is 0 Å². The van der Waals surface area contributed by atoms with Gasteiger partial charge in [0.2, 0.25) is 0 Å². The maximum Gasteiger partial charge on any atom is 0.364 e. The van der Waals surface area contributed by atoms with E-state index in [2.05, 4.69) is 0 Å². The third-order valence-corrected chi connectivity index (χ3v) is 2.27. The molecule has 0 saturated carbocycles. The lowest BCUT2D eigenvalue weighted by Crippen LogP contribution is -2.50. The molecule has 0 saturated heterocycles. The summed E-state index contributed by atoms with van der Waals surface area (Å²) in [6.45, 7) is -0.260. The zero-order chi connectivity index (χ0) is 12.8. The topological polar surface area (TPSA) is 76.0 Å². The summed E-state index contributed by atoms with van der Waals surface area (Å²) in [5, 5.41) is 17.5. The molecule has 0 aromatic carbocycles. The highest BCUT2D eigenvalue weighted by molar-refractivity contribution is 5.74. The quantitative estimate of drug-likeness (QED) is 0.335. The van der Waals surface area contributed by atoms with E-state index in [1.165, 1.54) is 7.11 Å². The average Bonchev–Trinajstić information content (AvgIpc) is 2.21. The SMILES string of the molecule is COC(=O)C(CCOC(O)CO)[N+](C)(C)C. The molecule has 2 N–H and O–H groups in total. The Morgan fingerprint density at radius 1 is 1.38 bits per heavy atom. The summed E-state index contributed by atoms with van der Waals surface area (Å²) in [6.07, 6.45) is -0.765. The third kappa shape index (κ3) is 5.41. The fourth-order valence-corrected chi connectivity index (χ4v) is 1.33. The molecular formula is C10H22NO5+. The Bertz CT molecular complexity index is 214. The molecule has 0 heterocycles. The van der Waals surface area contributed by atoms with Crippen molar-refractivity contribution < 1.29 is 29.0 Å². The number of hydrogen-bond acceptors (Lipinski definition) is 5. The Morgan fingerprint density at radius 3 is 2.31 bits per heavy atom. The van der Waals surface area contributed by atoms with E-state index in [0.29, 0.717) is 10.9 Å². The molecule has 6 nitrogen and oxygen atoms in total. The molecule has 0 aliphatic carbocycles. The first kappa shape index (κ1) is 15.3. The van der Waals surface area contributed by atoms with Crippen LogP contribution >= 0.6 is 0 Å². The van der Waals surface area contributed by atoms with Crippen LogP contribution in [-0.4, -0.2) is 74.5 Å². The Morgan fingerprint density at radius 2 is 1.94 bits per heavy atom. The predicted octanol–water partition coefficient (Wildman–Crippen LogP) is -1.05. The normalized spacial score (nSPS) is 15.6. The lowest BCUT2D eigenvalue weighted by molar-refractivity contribution is -0.887. The van der Waals surface area contributed by atoms with Crippen molar-refractivity contribution in [3.05, 3.63) is 0 Å². The van der Waals surface area contributed by atoms with Crippen LogP contribution in [0.25, 0.3) is 0 Å². The second-order valence-electron chi connectivity index (χ2n) is 4.45. The van der Waals surface area contributed by atoms with E-state index in [1.54, 1.807) is 0 Å². The van der Waals surface area contributed by atoms with E-state index < -0.39 is 12.9 Å². The zero-order valence-corrected chi connectivity index (χ0v) is 10.3. The number of carbonyl (C=O) groups is 1. The second kappa shape index (κ2) is 6.80. The Kier molecular flexibility index (Phi) is 6.51. The van der Waals surface area contributed by atoms with Gasteiger partial charge in [0.05, 0.1) is 41.5 Å². The number of methoxy groups -OCH3 is 1. The van der Waals surface area contributed by atoms with Crippen molar-refractivity contribution in [1.29, 1.82) is 0 Å². The Labute approximate surface area is 96.0 Å². The molecule has 0 bridgehead atoms. The lowest BCUT2D eigenvalue weighted by Gasteiger charge is -2.32. The van der Waals surface area contributed by atoms with Gasteiger partial charge in [0.1, 0.15) is 0 Å². The van der Waals surface area contributed by atoms with Gasteiger partial charge in [0, 0.05) is 6.42 Å². The van der Waals surface area contributed by atoms with Crippen LogP contribution in [0.1, 0.15) is 6.42 Å². The van der Waals surface area contributed by atoms with Crippen molar-refractivity contribution >= 4 is 5.97 Å². The van der Waals surface area contributed by atoms with Crippen LogP contribution in [0.4, 0.5) is 0 Å². The Hall–Kier alpha value is -0.690. The summed E-state index contributed by atoms with van der Waals surface area (Å²) in [6, 6.07) is -0.351. The highest BCUT2D eigenvalue weighted by Gasteiger charge is 2.32. The molecular weight excluding hydrogens is 214 g/mol. The molecule has 96 valence electrons. The standard InChI is InChI=1S/C10H22NO5/c1-11(2,3)8(10(14)15-4)5-6-16-9(13)7-12/h8-9,12-13H,5-7H2,1-4H3/q+1. The lowest BCUT2D eigenvalue weighted by atomic mass is 10.1. The van der Waals surface area contributed by atoms with Crippen LogP contribution in [-0.2, 0) is 14.3 Å². The molecule has 2 unspecified atom stereocenters. The molecule has 0 radical (unpaired) electrons. The van der Waals surface area contributed by atoms with Crippen LogP contribution in [0.5, 0.6) is 0 Å². The van der Waals surface area contributed by atoms with Crippen LogP contribution in [0.2, 0.25) is 0 Å². The average molecular weight is 236 g/mol. The first-order valence-electron chi connectivity index (χ1n) is 5.12. The van der Waals surface area contributed by atoms with Crippen LogP contribution in [0, 0.1) is 0 Å². The first-order valence-corrected chi connectivity index (χ1v) is 5.12. The van der Waals surface area contributed by atoms with E-state index in [9.17, 15) is 4.79 Å². The summed E-state index contributed by atoms with van der Waals surface area (Å²) < 4.78 is 10.0. The molecule has 0 amide bonds. The molecule has 6 heteroatoms. The summed E-state index contributed by atoms with van der Waals surface area (Å²) >= 11 is 0. The van der Waals surface area contributed by atoms with Crippen molar-refractivity contribution in [2.24, 2.45) is 0 Å². The number of likely N-dealkylation sites (N-methyl/N-ethyl adjacent to an activating group) is 1. The smallest absolute Gasteiger partial charge is 0.364 e. The molecule has 0 spiro atoms. The number of quaternary nitrogens is 1. The third-order valence-electron chi connectivity index (χ3n) is 2.27. The molecule has 0 fully saturated rings. The summed E-state index contributed by atoms with van der Waals surface area (Å²) in [5.41, 5.74) is 0. The number of hydrogen-bond donors (Lipinski definition) is 2. The van der Waals surface area contributed by atoms with Crippen molar-refractivity contribution in [2.45, 2.75) is 18.8 Å². The van der Waals surface area contributed by atoms with Gasteiger partial charge in [-0.1, -0.05) is 0 Å². The fourth-order valence-electron chi connectivity index (χ4n) is 1.33. The number of nitrogens with zero attached hydrogens (tertiary/aromatic N) is 1. The molecule has 0 rings (SSSR count). The van der Waals surface area contributed by atoms with Crippen molar-refractivity contribution in [3.63, 3.8) is 0 Å². The van der Waals surface area contributed by atoms with Gasteiger partial charge in [-0.15, -0.1) is 0 Å². The highest BCUT2D eigenvalue weighted by atomic mass is 16.6. The van der Waals surface area contributed by atoms with Crippen LogP contribution < -0.4 is 0 Å². The highest BCUT2D eigenvalue weighted by Crippen LogP contribution is 2.10. The summed E-state index contributed by atoms with van der Waals surface area (Å²) in [7, 11) is 6.98. The van der Waals surface area contributed by atoms with Crippen molar-refractivity contribution in [2.75, 3.05) is 41.5 Å². The Balaban J connectivity index is 4.19. The number of carbonyl (C=O) groups excluding carboxylic acids is 1. The van der Waals surface area contributed by atoms with Gasteiger partial charge >= 0.3 is 5.97 Å². The molecule has 2 atom stereocenters. The number of aliphatic hydroxyl groups excluding tert-OH is 2. The van der Waals surface area contributed by atoms with Crippen LogP contribution in [0.15, 0.2) is 0 Å². The minimum Gasteiger partial charge on any atom is -0.465 e. The van der Waals surface area contributed by atoms with Gasteiger partial charge in [0.15, 0.2) is 12.3 Å². The van der Waals surface area contributed by atoms with Gasteiger partial charge in [-0.3, -0.25) is 0 Å². The molecule has 0 aromatic heterocycles. The van der Waals surface area contributed by atoms with E-state index in [1.807, 2.05) is 21.1 Å². The maximum absolute atomic E-state index is 11.5. The number of ether oxygens (including phenoxy) is 2. The second-order valence-corrected chi connectivity index (χ2v) is 4.45. The van der Waals surface area contributed by atoms with E-state index in [4.69, 9.17) is 19.7 Å². The van der Waals surface area contributed by atoms with Crippen molar-refractivity contribution in [1.82, 2.24) is 0 Å². The van der Waals surface area contributed by atoms with E-state index in [-0.39, 0.29) is 18.6 Å². The van der Waals surface area contributed by atoms with Gasteiger partial charge in [0.25, 0.3) is 0 Å². The molecule has 0 aliphatic heterocycles. The zero-order valence-electron chi connectivity index (χ0n) is 10.3. The minimum absolute atomic E-state index is 0.191. The summed E-state index contributed by atoms with van der Waals surface area (Å²) in [5.74, 6) is -0.311. The van der Waals surface area contributed by atoms with Gasteiger partial charge in [-0.25, -0.2) is 4.79 Å². The van der Waals surface area contributed by atoms with E-state index >= 15 is 0 Å². The number of esters is 1. The molecule has 0 aromatic rings. The monoisotopic (exact) mass is 236 g/mol. The van der Waals surface area contributed by atoms with Gasteiger partial charge < -0.3 is 24.2 Å². The predicted molar refractivity (Wildman–Crippen MR) is 57.5 cm³/mol. The first-order chi connectivity index (χ1) is 7.32. The largest absolute Gasteiger partial charge is 0.465 e. The molecule has 0 aliphatic rings. The number of aliphatic hydroxyl groups is 2.